The molecule has 1 heterocycles. The summed E-state index contributed by atoms with van der Waals surface area (Å²) in [5.41, 5.74) is 8.28. The molecule has 3 N–H and O–H groups in total. The summed E-state index contributed by atoms with van der Waals surface area (Å²) in [6, 6.07) is 5.58. The van der Waals surface area contributed by atoms with E-state index in [0.29, 0.717) is 22.4 Å². The van der Waals surface area contributed by atoms with E-state index in [2.05, 4.69) is 15.3 Å². The van der Waals surface area contributed by atoms with Crippen LogP contribution in [0.3, 0.4) is 0 Å². The fourth-order valence-electron chi connectivity index (χ4n) is 1.65. The lowest BCUT2D eigenvalue weighted by atomic mass is 10.2. The Kier molecular flexibility index (Phi) is 4.29. The highest BCUT2D eigenvalue weighted by Crippen LogP contribution is 2.30. The predicted molar refractivity (Wildman–Crippen MR) is 81.7 cm³/mol. The molecule has 0 aliphatic carbocycles. The number of halogens is 1. The van der Waals surface area contributed by atoms with Gasteiger partial charge in [0.1, 0.15) is 12.0 Å². The summed E-state index contributed by atoms with van der Waals surface area (Å²) in [5.74, 6) is 0.873. The Bertz CT molecular complexity index is 616. The maximum Gasteiger partial charge on any atom is 0.242 e. The van der Waals surface area contributed by atoms with Gasteiger partial charge in [0.15, 0.2) is 5.82 Å². The molecule has 5 nitrogen and oxygen atoms in total. The van der Waals surface area contributed by atoms with Gasteiger partial charge in [-0.15, -0.1) is 0 Å². The lowest BCUT2D eigenvalue weighted by Gasteiger charge is -2.14. The Morgan fingerprint density at radius 3 is 2.75 bits per heavy atom. The van der Waals surface area contributed by atoms with Crippen molar-refractivity contribution in [1.29, 1.82) is 0 Å². The first-order valence-corrected chi connectivity index (χ1v) is 6.65. The Labute approximate surface area is 123 Å². The lowest BCUT2D eigenvalue weighted by Crippen LogP contribution is -2.11. The second-order valence-corrected chi connectivity index (χ2v) is 5.13. The van der Waals surface area contributed by atoms with Crippen molar-refractivity contribution in [2.75, 3.05) is 11.1 Å². The maximum absolute atomic E-state index is 6.02. The molecular weight excluding hydrogens is 276 g/mol. The van der Waals surface area contributed by atoms with Gasteiger partial charge in [0.25, 0.3) is 0 Å². The first-order chi connectivity index (χ1) is 9.47. The zero-order chi connectivity index (χ0) is 14.7. The number of aryl methyl sites for hydroxylation is 1. The molecule has 0 amide bonds. The van der Waals surface area contributed by atoms with Crippen LogP contribution in [-0.4, -0.2) is 16.1 Å². The number of nitrogens with zero attached hydrogens (tertiary/aromatic N) is 2. The third-order valence-corrected chi connectivity index (χ3v) is 2.88. The van der Waals surface area contributed by atoms with E-state index >= 15 is 0 Å². The molecule has 6 heteroatoms. The van der Waals surface area contributed by atoms with Crippen LogP contribution in [0.5, 0.6) is 5.88 Å². The molecule has 0 radical (unpaired) electrons. The van der Waals surface area contributed by atoms with E-state index in [4.69, 9.17) is 22.1 Å². The third kappa shape index (κ3) is 3.30. The van der Waals surface area contributed by atoms with Crippen LogP contribution in [-0.2, 0) is 0 Å². The molecule has 0 saturated carbocycles. The molecule has 0 atom stereocenters. The third-order valence-electron chi connectivity index (χ3n) is 2.65. The van der Waals surface area contributed by atoms with Crippen molar-refractivity contribution < 1.29 is 4.74 Å². The van der Waals surface area contributed by atoms with Crippen molar-refractivity contribution in [3.8, 4) is 5.88 Å². The van der Waals surface area contributed by atoms with Crippen molar-refractivity contribution >= 4 is 28.8 Å². The zero-order valence-electron chi connectivity index (χ0n) is 11.6. The number of benzene rings is 1. The van der Waals surface area contributed by atoms with Crippen LogP contribution >= 0.6 is 11.6 Å². The average molecular weight is 293 g/mol. The minimum Gasteiger partial charge on any atom is -0.473 e. The van der Waals surface area contributed by atoms with Crippen molar-refractivity contribution in [2.24, 2.45) is 0 Å². The molecular formula is C14H17ClN4O. The van der Waals surface area contributed by atoms with Crippen LogP contribution in [0.4, 0.5) is 17.2 Å². The summed E-state index contributed by atoms with van der Waals surface area (Å²) in [7, 11) is 0. The van der Waals surface area contributed by atoms with Crippen molar-refractivity contribution in [3.05, 3.63) is 35.1 Å². The standard InChI is InChI=1S/C14H17ClN4O/c1-8(2)20-14-12(16)13(17-7-18-14)19-11-6-10(15)5-4-9(11)3/h4-8H,16H2,1-3H3,(H,17,18,19). The van der Waals surface area contributed by atoms with Gasteiger partial charge in [0, 0.05) is 10.7 Å². The van der Waals surface area contributed by atoms with Crippen molar-refractivity contribution in [1.82, 2.24) is 9.97 Å². The van der Waals surface area contributed by atoms with Gasteiger partial charge in [-0.2, -0.15) is 4.98 Å². The largest absolute Gasteiger partial charge is 0.473 e. The highest BCUT2D eigenvalue weighted by atomic mass is 35.5. The molecule has 0 aliphatic rings. The van der Waals surface area contributed by atoms with E-state index in [1.807, 2.05) is 39.0 Å². The maximum atomic E-state index is 6.02. The zero-order valence-corrected chi connectivity index (χ0v) is 12.4. The fraction of sp³-hybridized carbons (Fsp3) is 0.286. The monoisotopic (exact) mass is 292 g/mol. The van der Waals surface area contributed by atoms with Gasteiger partial charge in [-0.25, -0.2) is 4.98 Å². The highest BCUT2D eigenvalue weighted by molar-refractivity contribution is 6.30. The first kappa shape index (κ1) is 14.4. The number of nitrogens with two attached hydrogens (primary N) is 1. The van der Waals surface area contributed by atoms with Crippen LogP contribution < -0.4 is 15.8 Å². The van der Waals surface area contributed by atoms with Gasteiger partial charge in [-0.1, -0.05) is 17.7 Å². The summed E-state index contributed by atoms with van der Waals surface area (Å²) >= 11 is 5.99. The molecule has 2 aromatic rings. The number of aromatic nitrogens is 2. The predicted octanol–water partition coefficient (Wildman–Crippen LogP) is 3.55. The smallest absolute Gasteiger partial charge is 0.242 e. The number of ether oxygens (including phenoxy) is 1. The van der Waals surface area contributed by atoms with Crippen LogP contribution in [0.2, 0.25) is 5.02 Å². The molecule has 20 heavy (non-hydrogen) atoms. The van der Waals surface area contributed by atoms with Gasteiger partial charge in [-0.3, -0.25) is 0 Å². The molecule has 0 aliphatic heterocycles. The van der Waals surface area contributed by atoms with Gasteiger partial charge >= 0.3 is 0 Å². The summed E-state index contributed by atoms with van der Waals surface area (Å²) in [4.78, 5) is 8.18. The molecule has 0 fully saturated rings. The summed E-state index contributed by atoms with van der Waals surface area (Å²) < 4.78 is 5.54. The van der Waals surface area contributed by atoms with Crippen LogP contribution in [0.1, 0.15) is 19.4 Å². The van der Waals surface area contributed by atoms with Gasteiger partial charge in [-0.05, 0) is 38.5 Å². The SMILES string of the molecule is Cc1ccc(Cl)cc1Nc1ncnc(OC(C)C)c1N. The van der Waals surface area contributed by atoms with Gasteiger partial charge in [0.2, 0.25) is 5.88 Å². The van der Waals surface area contributed by atoms with Crippen LogP contribution in [0.25, 0.3) is 0 Å². The molecule has 0 spiro atoms. The number of hydrogen-bond donors (Lipinski definition) is 2. The minimum atomic E-state index is -0.00652. The van der Waals surface area contributed by atoms with E-state index in [-0.39, 0.29) is 6.10 Å². The van der Waals surface area contributed by atoms with Crippen LogP contribution in [0, 0.1) is 6.92 Å². The van der Waals surface area contributed by atoms with Gasteiger partial charge < -0.3 is 15.8 Å². The summed E-state index contributed by atoms with van der Waals surface area (Å²) in [6.07, 6.45) is 1.41. The topological polar surface area (TPSA) is 73.1 Å². The van der Waals surface area contributed by atoms with E-state index in [1.54, 1.807) is 0 Å². The van der Waals surface area contributed by atoms with E-state index in [9.17, 15) is 0 Å². The number of anilines is 3. The van der Waals surface area contributed by atoms with Crippen LogP contribution in [0.15, 0.2) is 24.5 Å². The second kappa shape index (κ2) is 5.96. The lowest BCUT2D eigenvalue weighted by molar-refractivity contribution is 0.234. The molecule has 106 valence electrons. The average Bonchev–Trinajstić information content (AvgIpc) is 2.38. The number of rotatable bonds is 4. The van der Waals surface area contributed by atoms with E-state index < -0.39 is 0 Å². The Morgan fingerprint density at radius 2 is 2.05 bits per heavy atom. The van der Waals surface area contributed by atoms with Crippen molar-refractivity contribution in [3.63, 3.8) is 0 Å². The van der Waals surface area contributed by atoms with E-state index in [0.717, 1.165) is 11.3 Å². The second-order valence-electron chi connectivity index (χ2n) is 4.69. The molecule has 2 rings (SSSR count). The normalized spacial score (nSPS) is 10.7. The molecule has 0 unspecified atom stereocenters. The molecule has 1 aromatic heterocycles. The first-order valence-electron chi connectivity index (χ1n) is 6.27. The Balaban J connectivity index is 2.32. The Hall–Kier alpha value is -2.01. The highest BCUT2D eigenvalue weighted by Gasteiger charge is 2.11. The number of nitrogen functional groups attached to an aromatic ring is 1. The minimum absolute atomic E-state index is 0.00652. The summed E-state index contributed by atoms with van der Waals surface area (Å²) in [6.45, 7) is 5.80. The van der Waals surface area contributed by atoms with E-state index in [1.165, 1.54) is 6.33 Å². The number of hydrogen-bond acceptors (Lipinski definition) is 5. The van der Waals surface area contributed by atoms with Crippen molar-refractivity contribution in [2.45, 2.75) is 26.9 Å². The summed E-state index contributed by atoms with van der Waals surface area (Å²) in [5, 5.41) is 3.80. The quantitative estimate of drug-likeness (QED) is 0.901. The van der Waals surface area contributed by atoms with Gasteiger partial charge in [0.05, 0.1) is 6.10 Å². The number of nitrogens with one attached hydrogen (secondary N) is 1. The molecule has 0 bridgehead atoms. The fourth-order valence-corrected chi connectivity index (χ4v) is 1.82. The molecule has 1 aromatic carbocycles. The Morgan fingerprint density at radius 1 is 1.30 bits per heavy atom. The molecule has 0 saturated heterocycles.